The molecule has 1 aromatic heterocycles. The third kappa shape index (κ3) is 4.77. The Morgan fingerprint density at radius 1 is 1.19 bits per heavy atom. The number of hydrogen-bond acceptors (Lipinski definition) is 4. The summed E-state index contributed by atoms with van der Waals surface area (Å²) in [6.07, 6.45) is 1.85. The molecule has 26 heavy (non-hydrogen) atoms. The average Bonchev–Trinajstić information content (AvgIpc) is 3.02. The van der Waals surface area contributed by atoms with Gasteiger partial charge >= 0.3 is 0 Å². The number of para-hydroxylation sites is 1. The molecule has 3 rings (SSSR count). The maximum absolute atomic E-state index is 5.93. The van der Waals surface area contributed by atoms with E-state index in [-0.39, 0.29) is 0 Å². The molecule has 2 aromatic carbocycles. The highest BCUT2D eigenvalue weighted by atomic mass is 79.9. The molecular weight excluding hydrogens is 410 g/mol. The first-order chi connectivity index (χ1) is 12.7. The molecule has 0 unspecified atom stereocenters. The Morgan fingerprint density at radius 3 is 2.81 bits per heavy atom. The number of halogens is 1. The highest BCUT2D eigenvalue weighted by Crippen LogP contribution is 2.24. The van der Waals surface area contributed by atoms with Gasteiger partial charge in [0.05, 0.1) is 0 Å². The molecule has 0 bridgehead atoms. The van der Waals surface area contributed by atoms with Crippen molar-refractivity contribution in [2.24, 2.45) is 0 Å². The predicted octanol–water partition coefficient (Wildman–Crippen LogP) is 5.41. The van der Waals surface area contributed by atoms with E-state index in [9.17, 15) is 0 Å². The van der Waals surface area contributed by atoms with Gasteiger partial charge in [-0.2, -0.15) is 0 Å². The van der Waals surface area contributed by atoms with E-state index < -0.39 is 0 Å². The first-order valence-electron chi connectivity index (χ1n) is 8.26. The lowest BCUT2D eigenvalue weighted by molar-refractivity contribution is 0.287. The van der Waals surface area contributed by atoms with Crippen LogP contribution < -0.4 is 4.74 Å². The second-order valence-electron chi connectivity index (χ2n) is 5.77. The summed E-state index contributed by atoms with van der Waals surface area (Å²) < 4.78 is 9.06. The van der Waals surface area contributed by atoms with E-state index in [1.807, 2.05) is 54.0 Å². The number of aromatic nitrogens is 3. The minimum Gasteiger partial charge on any atom is -0.485 e. The number of rotatable bonds is 8. The van der Waals surface area contributed by atoms with Crippen LogP contribution in [0.1, 0.15) is 17.0 Å². The zero-order valence-corrected chi connectivity index (χ0v) is 17.0. The summed E-state index contributed by atoms with van der Waals surface area (Å²) in [5, 5.41) is 9.53. The van der Waals surface area contributed by atoms with Crippen LogP contribution in [-0.2, 0) is 18.9 Å². The Balaban J connectivity index is 1.71. The van der Waals surface area contributed by atoms with Gasteiger partial charge in [0.1, 0.15) is 12.4 Å². The standard InChI is InChI=1S/C20H20BrN3OS/c1-3-11-24-19(13-25-18-10-5-4-7-15(18)2)22-23-20(24)26-14-16-8-6-9-17(21)12-16/h3-10,12H,1,11,13-14H2,2H3. The van der Waals surface area contributed by atoms with E-state index in [1.54, 1.807) is 11.8 Å². The van der Waals surface area contributed by atoms with Crippen LogP contribution in [-0.4, -0.2) is 14.8 Å². The summed E-state index contributed by atoms with van der Waals surface area (Å²) in [6.45, 7) is 6.91. The molecule has 0 saturated heterocycles. The monoisotopic (exact) mass is 429 g/mol. The Labute approximate surface area is 166 Å². The summed E-state index contributed by atoms with van der Waals surface area (Å²) in [4.78, 5) is 0. The van der Waals surface area contributed by atoms with Gasteiger partial charge in [0.2, 0.25) is 0 Å². The van der Waals surface area contributed by atoms with Gasteiger partial charge in [0, 0.05) is 16.8 Å². The van der Waals surface area contributed by atoms with Gasteiger partial charge in [0.25, 0.3) is 0 Å². The molecule has 0 aliphatic rings. The zero-order valence-electron chi connectivity index (χ0n) is 14.6. The van der Waals surface area contributed by atoms with Crippen molar-refractivity contribution in [3.8, 4) is 5.75 Å². The summed E-state index contributed by atoms with van der Waals surface area (Å²) in [5.41, 5.74) is 2.33. The van der Waals surface area contributed by atoms with E-state index in [4.69, 9.17) is 4.74 Å². The summed E-state index contributed by atoms with van der Waals surface area (Å²) in [5.74, 6) is 2.49. The zero-order chi connectivity index (χ0) is 18.4. The normalized spacial score (nSPS) is 10.7. The molecule has 134 valence electrons. The number of benzene rings is 2. The fourth-order valence-electron chi connectivity index (χ4n) is 2.48. The summed E-state index contributed by atoms with van der Waals surface area (Å²) in [7, 11) is 0. The maximum Gasteiger partial charge on any atom is 0.191 e. The number of thioether (sulfide) groups is 1. The molecule has 0 amide bonds. The number of nitrogens with zero attached hydrogens (tertiary/aromatic N) is 3. The second-order valence-corrected chi connectivity index (χ2v) is 7.63. The summed E-state index contributed by atoms with van der Waals surface area (Å²) in [6, 6.07) is 16.2. The second kappa shape index (κ2) is 9.05. The van der Waals surface area contributed by atoms with Crippen LogP contribution in [0, 0.1) is 6.92 Å². The van der Waals surface area contributed by atoms with Gasteiger partial charge in [-0.1, -0.05) is 64.1 Å². The van der Waals surface area contributed by atoms with Crippen molar-refractivity contribution in [3.05, 3.63) is 82.6 Å². The largest absolute Gasteiger partial charge is 0.485 e. The molecule has 6 heteroatoms. The molecule has 0 radical (unpaired) electrons. The number of ether oxygens (including phenoxy) is 1. The quantitative estimate of drug-likeness (QED) is 0.354. The van der Waals surface area contributed by atoms with Gasteiger partial charge in [0.15, 0.2) is 11.0 Å². The Morgan fingerprint density at radius 2 is 2.04 bits per heavy atom. The van der Waals surface area contributed by atoms with E-state index in [0.29, 0.717) is 13.2 Å². The third-order valence-corrected chi connectivity index (χ3v) is 5.34. The summed E-state index contributed by atoms with van der Waals surface area (Å²) >= 11 is 5.17. The molecule has 0 N–H and O–H groups in total. The van der Waals surface area contributed by atoms with E-state index in [2.05, 4.69) is 44.8 Å². The molecule has 4 nitrogen and oxygen atoms in total. The highest BCUT2D eigenvalue weighted by molar-refractivity contribution is 9.10. The molecular formula is C20H20BrN3OS. The molecule has 0 atom stereocenters. The predicted molar refractivity (Wildman–Crippen MR) is 109 cm³/mol. The average molecular weight is 430 g/mol. The van der Waals surface area contributed by atoms with Crippen LogP contribution in [0.3, 0.4) is 0 Å². The lowest BCUT2D eigenvalue weighted by Gasteiger charge is -2.10. The van der Waals surface area contributed by atoms with Gasteiger partial charge in [-0.05, 0) is 36.2 Å². The molecule has 0 saturated carbocycles. The first-order valence-corrected chi connectivity index (χ1v) is 10.0. The SMILES string of the molecule is C=CCn1c(COc2ccccc2C)nnc1SCc1cccc(Br)c1. The smallest absolute Gasteiger partial charge is 0.191 e. The molecule has 0 aliphatic heterocycles. The van der Waals surface area contributed by atoms with Crippen molar-refractivity contribution in [1.29, 1.82) is 0 Å². The topological polar surface area (TPSA) is 39.9 Å². The van der Waals surface area contributed by atoms with Crippen molar-refractivity contribution in [1.82, 2.24) is 14.8 Å². The van der Waals surface area contributed by atoms with Crippen LogP contribution in [0.5, 0.6) is 5.75 Å². The molecule has 0 aliphatic carbocycles. The van der Waals surface area contributed by atoms with Crippen LogP contribution in [0.2, 0.25) is 0 Å². The van der Waals surface area contributed by atoms with Gasteiger partial charge in [-0.25, -0.2) is 0 Å². The van der Waals surface area contributed by atoms with E-state index in [0.717, 1.165) is 32.5 Å². The number of allylic oxidation sites excluding steroid dienone is 1. The van der Waals surface area contributed by atoms with Crippen LogP contribution in [0.15, 0.2) is 70.8 Å². The van der Waals surface area contributed by atoms with Gasteiger partial charge in [-0.3, -0.25) is 4.57 Å². The molecule has 0 fully saturated rings. The van der Waals surface area contributed by atoms with Crippen molar-refractivity contribution in [2.75, 3.05) is 0 Å². The first kappa shape index (κ1) is 18.7. The highest BCUT2D eigenvalue weighted by Gasteiger charge is 2.13. The number of aryl methyl sites for hydroxylation is 1. The van der Waals surface area contributed by atoms with E-state index in [1.165, 1.54) is 5.56 Å². The van der Waals surface area contributed by atoms with Crippen molar-refractivity contribution in [2.45, 2.75) is 31.0 Å². The van der Waals surface area contributed by atoms with Crippen LogP contribution >= 0.6 is 27.7 Å². The van der Waals surface area contributed by atoms with Crippen LogP contribution in [0.4, 0.5) is 0 Å². The Kier molecular flexibility index (Phi) is 6.52. The molecule has 1 heterocycles. The maximum atomic E-state index is 5.93. The minimum absolute atomic E-state index is 0.378. The third-order valence-electron chi connectivity index (χ3n) is 3.81. The van der Waals surface area contributed by atoms with Crippen molar-refractivity contribution in [3.63, 3.8) is 0 Å². The molecule has 0 spiro atoms. The lowest BCUT2D eigenvalue weighted by atomic mass is 10.2. The van der Waals surface area contributed by atoms with Gasteiger partial charge < -0.3 is 4.74 Å². The molecule has 3 aromatic rings. The van der Waals surface area contributed by atoms with Crippen LogP contribution in [0.25, 0.3) is 0 Å². The lowest BCUT2D eigenvalue weighted by Crippen LogP contribution is -2.08. The van der Waals surface area contributed by atoms with Gasteiger partial charge in [-0.15, -0.1) is 16.8 Å². The number of hydrogen-bond donors (Lipinski definition) is 0. The van der Waals surface area contributed by atoms with Crippen molar-refractivity contribution < 1.29 is 4.74 Å². The fourth-order valence-corrected chi connectivity index (χ4v) is 3.84. The van der Waals surface area contributed by atoms with Crippen molar-refractivity contribution >= 4 is 27.7 Å². The minimum atomic E-state index is 0.378. The Bertz CT molecular complexity index is 894. The Hall–Kier alpha value is -2.05. The van der Waals surface area contributed by atoms with E-state index >= 15 is 0 Å². The fraction of sp³-hybridized carbons (Fsp3) is 0.200.